The largest absolute Gasteiger partial charge is 0.382 e. The minimum absolute atomic E-state index is 0.161. The smallest absolute Gasteiger partial charge is 0.253 e. The van der Waals surface area contributed by atoms with Crippen LogP contribution in [0.1, 0.15) is 59.8 Å². The SMILES string of the molecule is Cc1ccc(CNC(=O)c2cc(Cl)cc(NC(C)C3CCC(N(C)C)CC3)c2C)c(=O)[nH]1. The van der Waals surface area contributed by atoms with Crippen molar-refractivity contribution in [2.45, 2.75) is 65.1 Å². The molecule has 1 aliphatic carbocycles. The third-order valence-electron chi connectivity index (χ3n) is 6.76. The molecule has 7 heteroatoms. The lowest BCUT2D eigenvalue weighted by molar-refractivity contribution is 0.0950. The van der Waals surface area contributed by atoms with E-state index >= 15 is 0 Å². The molecule has 1 aliphatic rings. The van der Waals surface area contributed by atoms with Crippen molar-refractivity contribution in [3.05, 3.63) is 62.0 Å². The zero-order valence-electron chi connectivity index (χ0n) is 19.7. The molecule has 1 unspecified atom stereocenters. The molecule has 0 saturated heterocycles. The molecular weight excluding hydrogens is 424 g/mol. The molecule has 0 aliphatic heterocycles. The number of anilines is 1. The van der Waals surface area contributed by atoms with E-state index in [0.717, 1.165) is 16.9 Å². The Hall–Kier alpha value is -2.31. The average Bonchev–Trinajstić information content (AvgIpc) is 2.75. The minimum Gasteiger partial charge on any atom is -0.382 e. The van der Waals surface area contributed by atoms with E-state index in [1.54, 1.807) is 12.1 Å². The Balaban J connectivity index is 1.68. The summed E-state index contributed by atoms with van der Waals surface area (Å²) >= 11 is 6.37. The lowest BCUT2D eigenvalue weighted by atomic mass is 9.81. The van der Waals surface area contributed by atoms with Crippen molar-refractivity contribution in [1.82, 2.24) is 15.2 Å². The number of pyridine rings is 1. The molecule has 1 saturated carbocycles. The number of H-pyrrole nitrogens is 1. The number of aryl methyl sites for hydroxylation is 1. The highest BCUT2D eigenvalue weighted by atomic mass is 35.5. The van der Waals surface area contributed by atoms with Crippen LogP contribution in [0.15, 0.2) is 29.1 Å². The van der Waals surface area contributed by atoms with Gasteiger partial charge < -0.3 is 20.5 Å². The van der Waals surface area contributed by atoms with E-state index in [1.807, 2.05) is 26.0 Å². The summed E-state index contributed by atoms with van der Waals surface area (Å²) < 4.78 is 0. The maximum absolute atomic E-state index is 12.9. The summed E-state index contributed by atoms with van der Waals surface area (Å²) in [6, 6.07) is 8.09. The van der Waals surface area contributed by atoms with Gasteiger partial charge in [0.05, 0.1) is 0 Å². The Labute approximate surface area is 195 Å². The van der Waals surface area contributed by atoms with Crippen LogP contribution in [0, 0.1) is 19.8 Å². The van der Waals surface area contributed by atoms with E-state index in [0.29, 0.717) is 28.1 Å². The third-order valence-corrected chi connectivity index (χ3v) is 6.97. The average molecular weight is 459 g/mol. The topological polar surface area (TPSA) is 77.2 Å². The Kier molecular flexibility index (Phi) is 8.01. The van der Waals surface area contributed by atoms with Crippen molar-refractivity contribution in [2.24, 2.45) is 5.92 Å². The van der Waals surface area contributed by atoms with E-state index in [4.69, 9.17) is 11.6 Å². The number of aromatic amines is 1. The van der Waals surface area contributed by atoms with Crippen LogP contribution in [0.3, 0.4) is 0 Å². The highest BCUT2D eigenvalue weighted by molar-refractivity contribution is 6.31. The molecule has 1 atom stereocenters. The summed E-state index contributed by atoms with van der Waals surface area (Å²) in [4.78, 5) is 30.0. The van der Waals surface area contributed by atoms with Crippen molar-refractivity contribution < 1.29 is 4.79 Å². The number of halogens is 1. The molecule has 174 valence electrons. The van der Waals surface area contributed by atoms with Gasteiger partial charge in [-0.1, -0.05) is 17.7 Å². The normalized spacial score (nSPS) is 19.6. The fourth-order valence-electron chi connectivity index (χ4n) is 4.56. The Morgan fingerprint density at radius 2 is 1.88 bits per heavy atom. The van der Waals surface area contributed by atoms with Crippen molar-refractivity contribution in [2.75, 3.05) is 19.4 Å². The van der Waals surface area contributed by atoms with Gasteiger partial charge in [0, 0.05) is 46.2 Å². The molecule has 1 aromatic heterocycles. The number of carbonyl (C=O) groups is 1. The summed E-state index contributed by atoms with van der Waals surface area (Å²) in [7, 11) is 4.31. The van der Waals surface area contributed by atoms with Gasteiger partial charge in [-0.15, -0.1) is 0 Å². The molecule has 2 aromatic rings. The number of hydrogen-bond donors (Lipinski definition) is 3. The molecule has 0 bridgehead atoms. The number of nitrogens with zero attached hydrogens (tertiary/aromatic N) is 1. The molecule has 0 spiro atoms. The van der Waals surface area contributed by atoms with E-state index < -0.39 is 0 Å². The van der Waals surface area contributed by atoms with Crippen LogP contribution in [-0.4, -0.2) is 42.0 Å². The van der Waals surface area contributed by atoms with Crippen LogP contribution in [0.25, 0.3) is 0 Å². The Bertz CT molecular complexity index is 1010. The van der Waals surface area contributed by atoms with Crippen LogP contribution >= 0.6 is 11.6 Å². The number of hydrogen-bond acceptors (Lipinski definition) is 4. The van der Waals surface area contributed by atoms with Crippen molar-refractivity contribution in [1.29, 1.82) is 0 Å². The van der Waals surface area contributed by atoms with Gasteiger partial charge >= 0.3 is 0 Å². The highest BCUT2D eigenvalue weighted by Gasteiger charge is 2.26. The van der Waals surface area contributed by atoms with Crippen molar-refractivity contribution in [3.63, 3.8) is 0 Å². The van der Waals surface area contributed by atoms with Gasteiger partial charge in [0.1, 0.15) is 0 Å². The molecule has 6 nitrogen and oxygen atoms in total. The summed E-state index contributed by atoms with van der Waals surface area (Å²) in [6.45, 7) is 6.13. The van der Waals surface area contributed by atoms with Gasteiger partial charge in [-0.05, 0) is 90.2 Å². The number of benzene rings is 1. The molecule has 0 radical (unpaired) electrons. The Morgan fingerprint density at radius 3 is 2.50 bits per heavy atom. The summed E-state index contributed by atoms with van der Waals surface area (Å²) in [5.74, 6) is 0.349. The first-order valence-electron chi connectivity index (χ1n) is 11.4. The number of rotatable bonds is 7. The van der Waals surface area contributed by atoms with E-state index in [1.165, 1.54) is 25.7 Å². The molecular formula is C25H35ClN4O2. The molecule has 1 amide bonds. The first-order chi connectivity index (χ1) is 15.2. The number of carbonyl (C=O) groups excluding carboxylic acids is 1. The number of aromatic nitrogens is 1. The van der Waals surface area contributed by atoms with Gasteiger partial charge in [-0.25, -0.2) is 0 Å². The van der Waals surface area contributed by atoms with Crippen molar-refractivity contribution >= 4 is 23.2 Å². The molecule has 1 fully saturated rings. The van der Waals surface area contributed by atoms with Crippen LogP contribution < -0.4 is 16.2 Å². The summed E-state index contributed by atoms with van der Waals surface area (Å²) in [5.41, 5.74) is 3.39. The Morgan fingerprint density at radius 1 is 1.19 bits per heavy atom. The van der Waals surface area contributed by atoms with Gasteiger partial charge in [-0.2, -0.15) is 0 Å². The molecule has 3 N–H and O–H groups in total. The van der Waals surface area contributed by atoms with Crippen LogP contribution in [0.5, 0.6) is 0 Å². The lowest BCUT2D eigenvalue weighted by Crippen LogP contribution is -2.36. The van der Waals surface area contributed by atoms with Gasteiger partial charge in [-0.3, -0.25) is 9.59 Å². The van der Waals surface area contributed by atoms with Crippen LogP contribution in [0.4, 0.5) is 5.69 Å². The van der Waals surface area contributed by atoms with E-state index in [9.17, 15) is 9.59 Å². The zero-order chi connectivity index (χ0) is 23.4. The van der Waals surface area contributed by atoms with Crippen LogP contribution in [-0.2, 0) is 6.54 Å². The predicted molar refractivity (Wildman–Crippen MR) is 132 cm³/mol. The van der Waals surface area contributed by atoms with E-state index in [-0.39, 0.29) is 24.1 Å². The summed E-state index contributed by atoms with van der Waals surface area (Å²) in [6.07, 6.45) is 4.80. The van der Waals surface area contributed by atoms with Crippen LogP contribution in [0.2, 0.25) is 5.02 Å². The molecule has 32 heavy (non-hydrogen) atoms. The molecule has 3 rings (SSSR count). The fourth-order valence-corrected chi connectivity index (χ4v) is 4.78. The maximum atomic E-state index is 12.9. The van der Waals surface area contributed by atoms with Gasteiger partial charge in [0.15, 0.2) is 0 Å². The monoisotopic (exact) mass is 458 g/mol. The third kappa shape index (κ3) is 5.93. The highest BCUT2D eigenvalue weighted by Crippen LogP contribution is 2.32. The maximum Gasteiger partial charge on any atom is 0.253 e. The quantitative estimate of drug-likeness (QED) is 0.571. The fraction of sp³-hybridized carbons (Fsp3) is 0.520. The molecule has 1 aromatic carbocycles. The van der Waals surface area contributed by atoms with Crippen molar-refractivity contribution in [3.8, 4) is 0 Å². The zero-order valence-corrected chi connectivity index (χ0v) is 20.5. The standard InChI is InChI=1S/C25H35ClN4O2/c1-15-6-7-19(24(31)28-15)14-27-25(32)22-12-20(26)13-23(16(22)2)29-17(3)18-8-10-21(11-9-18)30(4)5/h6-7,12-13,17-18,21,29H,8-11,14H2,1-5H3,(H,27,32)(H,28,31). The van der Waals surface area contributed by atoms with E-state index in [2.05, 4.69) is 41.5 Å². The van der Waals surface area contributed by atoms with Gasteiger partial charge in [0.2, 0.25) is 0 Å². The minimum atomic E-state index is -0.243. The van der Waals surface area contributed by atoms with Gasteiger partial charge in [0.25, 0.3) is 11.5 Å². The number of amides is 1. The first-order valence-corrected chi connectivity index (χ1v) is 11.7. The second kappa shape index (κ2) is 10.5. The lowest BCUT2D eigenvalue weighted by Gasteiger charge is -2.36. The molecule has 1 heterocycles. The first kappa shape index (κ1) is 24.3. The summed E-state index contributed by atoms with van der Waals surface area (Å²) in [5, 5.41) is 6.98. The second-order valence-corrected chi connectivity index (χ2v) is 9.71. The second-order valence-electron chi connectivity index (χ2n) is 9.27. The predicted octanol–water partition coefficient (Wildman–Crippen LogP) is 4.50. The number of nitrogens with one attached hydrogen (secondary N) is 3.